The van der Waals surface area contributed by atoms with Crippen LogP contribution in [0.25, 0.3) is 5.70 Å². The summed E-state index contributed by atoms with van der Waals surface area (Å²) in [5, 5.41) is 3.36. The minimum absolute atomic E-state index is 0.450. The van der Waals surface area contributed by atoms with Crippen LogP contribution in [-0.2, 0) is 12.8 Å². The fourth-order valence-electron chi connectivity index (χ4n) is 2.19. The molecule has 1 aliphatic rings. The highest BCUT2D eigenvalue weighted by Gasteiger charge is 2.11. The van der Waals surface area contributed by atoms with E-state index in [1.54, 1.807) is 0 Å². The largest absolute Gasteiger partial charge is 0.383 e. The van der Waals surface area contributed by atoms with Crippen LogP contribution in [0.1, 0.15) is 37.0 Å². The summed E-state index contributed by atoms with van der Waals surface area (Å²) in [6.45, 7) is 8.35. The van der Waals surface area contributed by atoms with Crippen molar-refractivity contribution in [1.82, 2.24) is 5.32 Å². The van der Waals surface area contributed by atoms with Gasteiger partial charge in [0.1, 0.15) is 0 Å². The smallest absolute Gasteiger partial charge is 0.0342 e. The molecule has 0 saturated carbocycles. The zero-order chi connectivity index (χ0) is 10.8. The molecule has 0 radical (unpaired) electrons. The molecule has 0 saturated heterocycles. The summed E-state index contributed by atoms with van der Waals surface area (Å²) >= 11 is 0. The summed E-state index contributed by atoms with van der Waals surface area (Å²) in [7, 11) is 0. The molecule has 15 heavy (non-hydrogen) atoms. The highest BCUT2D eigenvalue weighted by Crippen LogP contribution is 2.24. The van der Waals surface area contributed by atoms with E-state index in [1.807, 2.05) is 0 Å². The maximum absolute atomic E-state index is 4.08. The average Bonchev–Trinajstić information content (AvgIpc) is 2.62. The molecule has 0 amide bonds. The van der Waals surface area contributed by atoms with Gasteiger partial charge in [0, 0.05) is 11.7 Å². The number of nitrogens with one attached hydrogen (secondary N) is 1. The normalized spacial score (nSPS) is 14.1. The van der Waals surface area contributed by atoms with Crippen molar-refractivity contribution < 1.29 is 0 Å². The molecule has 0 atom stereocenters. The van der Waals surface area contributed by atoms with Crippen LogP contribution in [-0.4, -0.2) is 6.04 Å². The molecule has 0 bridgehead atoms. The van der Waals surface area contributed by atoms with Gasteiger partial charge in [-0.05, 0) is 55.9 Å². The summed E-state index contributed by atoms with van der Waals surface area (Å²) in [5.74, 6) is 0. The van der Waals surface area contributed by atoms with Crippen molar-refractivity contribution in [2.75, 3.05) is 0 Å². The van der Waals surface area contributed by atoms with Crippen molar-refractivity contribution >= 4 is 5.70 Å². The van der Waals surface area contributed by atoms with Crippen LogP contribution in [0.5, 0.6) is 0 Å². The van der Waals surface area contributed by atoms with Crippen molar-refractivity contribution in [3.63, 3.8) is 0 Å². The highest BCUT2D eigenvalue weighted by atomic mass is 14.9. The minimum Gasteiger partial charge on any atom is -0.383 e. The second-order valence-electron chi connectivity index (χ2n) is 4.61. The molecule has 2 rings (SSSR count). The van der Waals surface area contributed by atoms with Crippen LogP contribution < -0.4 is 5.32 Å². The number of aryl methyl sites for hydroxylation is 2. The Hall–Kier alpha value is -1.24. The Labute approximate surface area is 92.2 Å². The maximum atomic E-state index is 4.08. The Morgan fingerprint density at radius 3 is 2.73 bits per heavy atom. The molecule has 1 aromatic rings. The molecule has 1 nitrogen and oxygen atoms in total. The Bertz CT molecular complexity index is 377. The van der Waals surface area contributed by atoms with Gasteiger partial charge in [0.15, 0.2) is 0 Å². The Kier molecular flexibility index (Phi) is 2.81. The minimum atomic E-state index is 0.450. The summed E-state index contributed by atoms with van der Waals surface area (Å²) < 4.78 is 0. The molecule has 0 unspecified atom stereocenters. The molecule has 1 aromatic carbocycles. The molecule has 0 spiro atoms. The van der Waals surface area contributed by atoms with Crippen molar-refractivity contribution in [3.8, 4) is 0 Å². The van der Waals surface area contributed by atoms with Crippen LogP contribution in [0.4, 0.5) is 0 Å². The summed E-state index contributed by atoms with van der Waals surface area (Å²) in [5.41, 5.74) is 5.32. The quantitative estimate of drug-likeness (QED) is 0.792. The molecular formula is C14H19N. The van der Waals surface area contributed by atoms with Gasteiger partial charge in [-0.1, -0.05) is 18.7 Å². The summed E-state index contributed by atoms with van der Waals surface area (Å²) in [6.07, 6.45) is 3.79. The predicted molar refractivity (Wildman–Crippen MR) is 65.8 cm³/mol. The first kappa shape index (κ1) is 10.3. The van der Waals surface area contributed by atoms with Gasteiger partial charge in [0.25, 0.3) is 0 Å². The monoisotopic (exact) mass is 201 g/mol. The van der Waals surface area contributed by atoms with Crippen LogP contribution >= 0.6 is 0 Å². The third-order valence-electron chi connectivity index (χ3n) is 2.91. The van der Waals surface area contributed by atoms with Gasteiger partial charge in [-0.15, -0.1) is 0 Å². The third kappa shape index (κ3) is 2.23. The van der Waals surface area contributed by atoms with Crippen LogP contribution in [0.3, 0.4) is 0 Å². The Balaban J connectivity index is 2.19. The van der Waals surface area contributed by atoms with Crippen molar-refractivity contribution in [2.24, 2.45) is 0 Å². The Morgan fingerprint density at radius 2 is 2.00 bits per heavy atom. The molecule has 0 heterocycles. The standard InChI is InChI=1S/C14H19N/c1-10(2)15-11(3)13-8-7-12-5-4-6-14(12)9-13/h7-10,15H,3-6H2,1-2H3. The van der Waals surface area contributed by atoms with Gasteiger partial charge in [0.2, 0.25) is 0 Å². The van der Waals surface area contributed by atoms with Crippen LogP contribution in [0, 0.1) is 0 Å². The molecule has 1 heteroatoms. The topological polar surface area (TPSA) is 12.0 Å². The van der Waals surface area contributed by atoms with E-state index in [0.717, 1.165) is 5.70 Å². The van der Waals surface area contributed by atoms with Gasteiger partial charge in [-0.25, -0.2) is 0 Å². The number of fused-ring (bicyclic) bond motifs is 1. The van der Waals surface area contributed by atoms with Gasteiger partial charge in [-0.2, -0.15) is 0 Å². The van der Waals surface area contributed by atoms with Crippen LogP contribution in [0.2, 0.25) is 0 Å². The van der Waals surface area contributed by atoms with E-state index in [2.05, 4.69) is 43.9 Å². The molecule has 0 aromatic heterocycles. The lowest BCUT2D eigenvalue weighted by Gasteiger charge is -2.14. The maximum Gasteiger partial charge on any atom is 0.0342 e. The van der Waals surface area contributed by atoms with E-state index in [1.165, 1.54) is 36.0 Å². The number of hydrogen-bond donors (Lipinski definition) is 1. The van der Waals surface area contributed by atoms with Gasteiger partial charge >= 0.3 is 0 Å². The average molecular weight is 201 g/mol. The lowest BCUT2D eigenvalue weighted by Crippen LogP contribution is -2.20. The van der Waals surface area contributed by atoms with E-state index in [0.29, 0.717) is 6.04 Å². The lowest BCUT2D eigenvalue weighted by atomic mass is 10.0. The summed E-state index contributed by atoms with van der Waals surface area (Å²) in [4.78, 5) is 0. The predicted octanol–water partition coefficient (Wildman–Crippen LogP) is 3.14. The molecular weight excluding hydrogens is 182 g/mol. The SMILES string of the molecule is C=C(NC(C)C)c1ccc2c(c1)CCC2. The molecule has 0 fully saturated rings. The first-order valence-electron chi connectivity index (χ1n) is 5.74. The number of benzene rings is 1. The zero-order valence-electron chi connectivity index (χ0n) is 9.64. The fourth-order valence-corrected chi connectivity index (χ4v) is 2.19. The Morgan fingerprint density at radius 1 is 1.27 bits per heavy atom. The van der Waals surface area contributed by atoms with Gasteiger partial charge in [0.05, 0.1) is 0 Å². The van der Waals surface area contributed by atoms with E-state index >= 15 is 0 Å². The molecule has 1 aliphatic carbocycles. The lowest BCUT2D eigenvalue weighted by molar-refractivity contribution is 0.718. The first-order chi connectivity index (χ1) is 7.16. The van der Waals surface area contributed by atoms with Crippen molar-refractivity contribution in [2.45, 2.75) is 39.2 Å². The van der Waals surface area contributed by atoms with E-state index in [-0.39, 0.29) is 0 Å². The zero-order valence-corrected chi connectivity index (χ0v) is 9.64. The second-order valence-corrected chi connectivity index (χ2v) is 4.61. The fraction of sp³-hybridized carbons (Fsp3) is 0.429. The van der Waals surface area contributed by atoms with Crippen molar-refractivity contribution in [1.29, 1.82) is 0 Å². The summed E-state index contributed by atoms with van der Waals surface area (Å²) in [6, 6.07) is 7.18. The molecule has 0 aliphatic heterocycles. The molecule has 80 valence electrons. The van der Waals surface area contributed by atoms with Gasteiger partial charge < -0.3 is 5.32 Å². The number of hydrogen-bond acceptors (Lipinski definition) is 1. The third-order valence-corrected chi connectivity index (χ3v) is 2.91. The number of rotatable bonds is 3. The second kappa shape index (κ2) is 4.09. The highest BCUT2D eigenvalue weighted by molar-refractivity contribution is 5.63. The van der Waals surface area contributed by atoms with Gasteiger partial charge in [-0.3, -0.25) is 0 Å². The van der Waals surface area contributed by atoms with Crippen molar-refractivity contribution in [3.05, 3.63) is 41.5 Å². The molecule has 1 N–H and O–H groups in total. The first-order valence-corrected chi connectivity index (χ1v) is 5.74. The van der Waals surface area contributed by atoms with E-state index in [4.69, 9.17) is 0 Å². The van der Waals surface area contributed by atoms with E-state index < -0.39 is 0 Å². The van der Waals surface area contributed by atoms with Crippen LogP contribution in [0.15, 0.2) is 24.8 Å². The van der Waals surface area contributed by atoms with E-state index in [9.17, 15) is 0 Å².